The van der Waals surface area contributed by atoms with E-state index < -0.39 is 0 Å². The molecule has 1 rings (SSSR count). The van der Waals surface area contributed by atoms with Gasteiger partial charge in [-0.1, -0.05) is 34.8 Å². The number of rotatable bonds is 14. The Labute approximate surface area is 161 Å². The van der Waals surface area contributed by atoms with E-state index in [1.54, 1.807) is 0 Å². The van der Waals surface area contributed by atoms with Gasteiger partial charge in [-0.2, -0.15) is 0 Å². The summed E-state index contributed by atoms with van der Waals surface area (Å²) < 4.78 is 11.4. The first-order valence-electron chi connectivity index (χ1n) is 9.38. The van der Waals surface area contributed by atoms with Crippen LogP contribution in [0, 0.1) is 0 Å². The lowest BCUT2D eigenvalue weighted by atomic mass is 10.2. The number of hydrogen-bond donors (Lipinski definition) is 0. The first-order chi connectivity index (χ1) is 12.2. The average Bonchev–Trinajstić information content (AvgIpc) is 2.64. The van der Waals surface area contributed by atoms with Crippen molar-refractivity contribution in [3.05, 3.63) is 29.8 Å². The SMILES string of the molecule is CCN(CC)C(=O)c1cccc(OCCCOCCCCCCBr)c1. The molecule has 0 bridgehead atoms. The number of nitrogens with zero attached hydrogens (tertiary/aromatic N) is 1. The Bertz CT molecular complexity index is 478. The second-order valence-electron chi connectivity index (χ2n) is 5.92. The fraction of sp³-hybridized carbons (Fsp3) is 0.650. The molecule has 1 aromatic rings. The van der Waals surface area contributed by atoms with Crippen LogP contribution in [-0.2, 0) is 4.74 Å². The topological polar surface area (TPSA) is 38.8 Å². The predicted molar refractivity (Wildman–Crippen MR) is 107 cm³/mol. The van der Waals surface area contributed by atoms with Crippen molar-refractivity contribution in [1.29, 1.82) is 0 Å². The summed E-state index contributed by atoms with van der Waals surface area (Å²) >= 11 is 3.44. The molecular weight excluding hydrogens is 382 g/mol. The van der Waals surface area contributed by atoms with Crippen LogP contribution in [0.3, 0.4) is 0 Å². The van der Waals surface area contributed by atoms with Gasteiger partial charge in [-0.15, -0.1) is 0 Å². The largest absolute Gasteiger partial charge is 0.493 e. The Morgan fingerprint density at radius 3 is 2.44 bits per heavy atom. The summed E-state index contributed by atoms with van der Waals surface area (Å²) in [5.41, 5.74) is 0.681. The van der Waals surface area contributed by atoms with E-state index in [-0.39, 0.29) is 5.91 Å². The normalized spacial score (nSPS) is 10.7. The van der Waals surface area contributed by atoms with Crippen molar-refractivity contribution in [2.24, 2.45) is 0 Å². The van der Waals surface area contributed by atoms with E-state index in [0.717, 1.165) is 37.1 Å². The van der Waals surface area contributed by atoms with E-state index in [2.05, 4.69) is 15.9 Å². The van der Waals surface area contributed by atoms with Crippen LogP contribution in [0.15, 0.2) is 24.3 Å². The quantitative estimate of drug-likeness (QED) is 0.321. The summed E-state index contributed by atoms with van der Waals surface area (Å²) in [5.74, 6) is 0.798. The molecule has 0 aliphatic carbocycles. The number of carbonyl (C=O) groups excluding carboxylic acids is 1. The Morgan fingerprint density at radius 1 is 1.00 bits per heavy atom. The Morgan fingerprint density at radius 2 is 1.72 bits per heavy atom. The van der Waals surface area contributed by atoms with Gasteiger partial charge in [0.25, 0.3) is 5.91 Å². The first-order valence-corrected chi connectivity index (χ1v) is 10.5. The van der Waals surface area contributed by atoms with Crippen LogP contribution in [-0.4, -0.2) is 49.0 Å². The van der Waals surface area contributed by atoms with Crippen molar-refractivity contribution in [3.8, 4) is 5.75 Å². The fourth-order valence-electron chi connectivity index (χ4n) is 2.52. The van der Waals surface area contributed by atoms with Crippen molar-refractivity contribution in [3.63, 3.8) is 0 Å². The maximum Gasteiger partial charge on any atom is 0.253 e. The zero-order chi connectivity index (χ0) is 18.3. The molecule has 4 nitrogen and oxygen atoms in total. The molecule has 1 aromatic carbocycles. The van der Waals surface area contributed by atoms with Gasteiger partial charge < -0.3 is 14.4 Å². The molecule has 0 unspecified atom stereocenters. The summed E-state index contributed by atoms with van der Waals surface area (Å²) in [4.78, 5) is 14.2. The Kier molecular flexibility index (Phi) is 12.4. The summed E-state index contributed by atoms with van der Waals surface area (Å²) in [5, 5.41) is 1.09. The number of benzene rings is 1. The molecule has 0 aliphatic heterocycles. The first kappa shape index (κ1) is 22.0. The minimum atomic E-state index is 0.0543. The number of alkyl halides is 1. The summed E-state index contributed by atoms with van der Waals surface area (Å²) in [6.07, 6.45) is 5.72. The van der Waals surface area contributed by atoms with Crippen molar-refractivity contribution in [2.45, 2.75) is 46.0 Å². The summed E-state index contributed by atoms with van der Waals surface area (Å²) in [6, 6.07) is 7.43. The van der Waals surface area contributed by atoms with Gasteiger partial charge in [0, 0.05) is 43.6 Å². The Balaban J connectivity index is 2.21. The fourth-order valence-corrected chi connectivity index (χ4v) is 2.91. The molecule has 0 atom stereocenters. The number of hydrogen-bond acceptors (Lipinski definition) is 3. The van der Waals surface area contributed by atoms with Crippen molar-refractivity contribution in [2.75, 3.05) is 38.2 Å². The third kappa shape index (κ3) is 9.26. The van der Waals surface area contributed by atoms with Crippen LogP contribution in [0.4, 0.5) is 0 Å². The molecular formula is C20H32BrNO3. The number of unbranched alkanes of at least 4 members (excludes halogenated alkanes) is 3. The zero-order valence-electron chi connectivity index (χ0n) is 15.6. The molecule has 0 heterocycles. The van der Waals surface area contributed by atoms with Gasteiger partial charge in [0.1, 0.15) is 5.75 Å². The average molecular weight is 414 g/mol. The van der Waals surface area contributed by atoms with Crippen LogP contribution < -0.4 is 4.74 Å². The van der Waals surface area contributed by atoms with Crippen molar-refractivity contribution < 1.29 is 14.3 Å². The van der Waals surface area contributed by atoms with Gasteiger partial charge in [-0.05, 0) is 44.9 Å². The lowest BCUT2D eigenvalue weighted by Gasteiger charge is -2.19. The minimum absolute atomic E-state index is 0.0543. The standard InChI is InChI=1S/C20H32BrNO3/c1-3-22(4-2)20(23)18-11-9-12-19(17-18)25-16-10-15-24-14-8-6-5-7-13-21/h9,11-12,17H,3-8,10,13-16H2,1-2H3. The molecule has 0 aliphatic rings. The van der Waals surface area contributed by atoms with Gasteiger partial charge in [0.15, 0.2) is 0 Å². The molecule has 0 aromatic heterocycles. The van der Waals surface area contributed by atoms with E-state index in [9.17, 15) is 4.79 Å². The molecule has 142 valence electrons. The molecule has 5 heteroatoms. The molecule has 0 radical (unpaired) electrons. The van der Waals surface area contributed by atoms with Crippen LogP contribution in [0.25, 0.3) is 0 Å². The maximum atomic E-state index is 12.3. The molecule has 0 saturated carbocycles. The van der Waals surface area contributed by atoms with Gasteiger partial charge >= 0.3 is 0 Å². The Hall–Kier alpha value is -1.07. The second kappa shape index (κ2) is 14.1. The summed E-state index contributed by atoms with van der Waals surface area (Å²) in [6.45, 7) is 7.56. The molecule has 0 N–H and O–H groups in total. The predicted octanol–water partition coefficient (Wildman–Crippen LogP) is 4.91. The van der Waals surface area contributed by atoms with Crippen LogP contribution in [0.2, 0.25) is 0 Å². The highest BCUT2D eigenvalue weighted by Gasteiger charge is 2.12. The van der Waals surface area contributed by atoms with E-state index >= 15 is 0 Å². The maximum absolute atomic E-state index is 12.3. The minimum Gasteiger partial charge on any atom is -0.493 e. The van der Waals surface area contributed by atoms with Crippen LogP contribution in [0.5, 0.6) is 5.75 Å². The summed E-state index contributed by atoms with van der Waals surface area (Å²) in [7, 11) is 0. The number of carbonyl (C=O) groups is 1. The zero-order valence-corrected chi connectivity index (χ0v) is 17.2. The van der Waals surface area contributed by atoms with Crippen molar-refractivity contribution >= 4 is 21.8 Å². The van der Waals surface area contributed by atoms with E-state index in [4.69, 9.17) is 9.47 Å². The highest BCUT2D eigenvalue weighted by Crippen LogP contribution is 2.15. The third-order valence-corrected chi connectivity index (χ3v) is 4.57. The third-order valence-electron chi connectivity index (χ3n) is 4.01. The van der Waals surface area contributed by atoms with Crippen LogP contribution in [0.1, 0.15) is 56.3 Å². The molecule has 25 heavy (non-hydrogen) atoms. The number of amides is 1. The molecule has 1 amide bonds. The lowest BCUT2D eigenvalue weighted by Crippen LogP contribution is -2.30. The van der Waals surface area contributed by atoms with Crippen molar-refractivity contribution in [1.82, 2.24) is 4.90 Å². The lowest BCUT2D eigenvalue weighted by molar-refractivity contribution is 0.0772. The molecule has 0 fully saturated rings. The van der Waals surface area contributed by atoms with E-state index in [0.29, 0.717) is 25.3 Å². The van der Waals surface area contributed by atoms with Gasteiger partial charge in [0.2, 0.25) is 0 Å². The number of ether oxygens (including phenoxy) is 2. The highest BCUT2D eigenvalue weighted by molar-refractivity contribution is 9.09. The molecule has 0 spiro atoms. The highest BCUT2D eigenvalue weighted by atomic mass is 79.9. The smallest absolute Gasteiger partial charge is 0.253 e. The van der Waals surface area contributed by atoms with Gasteiger partial charge in [-0.3, -0.25) is 4.79 Å². The monoisotopic (exact) mass is 413 g/mol. The van der Waals surface area contributed by atoms with Crippen LogP contribution >= 0.6 is 15.9 Å². The molecule has 0 saturated heterocycles. The van der Waals surface area contributed by atoms with E-state index in [1.165, 1.54) is 19.3 Å². The number of halogens is 1. The van der Waals surface area contributed by atoms with Gasteiger partial charge in [0.05, 0.1) is 6.61 Å². The second-order valence-corrected chi connectivity index (χ2v) is 6.72. The van der Waals surface area contributed by atoms with Gasteiger partial charge in [-0.25, -0.2) is 0 Å². The van der Waals surface area contributed by atoms with E-state index in [1.807, 2.05) is 43.0 Å².